The van der Waals surface area contributed by atoms with Crippen LogP contribution >= 0.6 is 11.6 Å². The van der Waals surface area contributed by atoms with Gasteiger partial charge in [0.2, 0.25) is 9.04 Å². The third-order valence-corrected chi connectivity index (χ3v) is 7.51. The molecule has 0 spiro atoms. The molecular weight excluding hydrogens is 368 g/mol. The van der Waals surface area contributed by atoms with Crippen LogP contribution in [0.2, 0.25) is 0 Å². The minimum atomic E-state index is -1.84. The normalized spacial score (nSPS) is 12.9. The fourth-order valence-electron chi connectivity index (χ4n) is 3.36. The molecule has 1 nitrogen and oxygen atoms in total. The third kappa shape index (κ3) is 5.10. The van der Waals surface area contributed by atoms with Gasteiger partial charge in [0.25, 0.3) is 0 Å². The zero-order valence-corrected chi connectivity index (χ0v) is 18.1. The van der Waals surface area contributed by atoms with Gasteiger partial charge in [-0.3, -0.25) is 0 Å². The quantitative estimate of drug-likeness (QED) is 0.419. The van der Waals surface area contributed by atoms with E-state index in [-0.39, 0.29) is 11.5 Å². The average molecular weight is 395 g/mol. The predicted molar refractivity (Wildman–Crippen MR) is 119 cm³/mol. The van der Waals surface area contributed by atoms with Crippen LogP contribution in [0.3, 0.4) is 0 Å². The monoisotopic (exact) mass is 394 g/mol. The van der Waals surface area contributed by atoms with E-state index in [0.717, 1.165) is 5.56 Å². The van der Waals surface area contributed by atoms with Crippen LogP contribution in [0.1, 0.15) is 38.0 Å². The topological polar surface area (TPSA) is 9.23 Å². The summed E-state index contributed by atoms with van der Waals surface area (Å²) in [7, 11) is -1.84. The highest BCUT2D eigenvalue weighted by Crippen LogP contribution is 2.37. The summed E-state index contributed by atoms with van der Waals surface area (Å²) in [5.41, 5.74) is 2.30. The summed E-state index contributed by atoms with van der Waals surface area (Å²) >= 11 is 6.08. The van der Waals surface area contributed by atoms with Crippen molar-refractivity contribution in [3.05, 3.63) is 96.1 Å². The highest BCUT2D eigenvalue weighted by atomic mass is 35.5. The smallest absolute Gasteiger partial charge is 0.240 e. The van der Waals surface area contributed by atoms with E-state index in [9.17, 15) is 0 Å². The van der Waals surface area contributed by atoms with E-state index in [1.165, 1.54) is 15.9 Å². The molecule has 3 aromatic rings. The first-order valence-electron chi connectivity index (χ1n) is 9.39. The van der Waals surface area contributed by atoms with Gasteiger partial charge in [0.1, 0.15) is 0 Å². The average Bonchev–Trinajstić information content (AvgIpc) is 2.69. The zero-order valence-electron chi connectivity index (χ0n) is 16.2. The minimum absolute atomic E-state index is 0.00209. The Morgan fingerprint density at radius 3 is 1.85 bits per heavy atom. The number of halogens is 1. The number of benzene rings is 3. The lowest BCUT2D eigenvalue weighted by Gasteiger charge is -2.35. The fraction of sp³-hybridized carbons (Fsp3) is 0.250. The van der Waals surface area contributed by atoms with E-state index < -0.39 is 9.04 Å². The van der Waals surface area contributed by atoms with Gasteiger partial charge in [0.05, 0.1) is 6.10 Å². The van der Waals surface area contributed by atoms with E-state index in [4.69, 9.17) is 16.0 Å². The van der Waals surface area contributed by atoms with E-state index in [2.05, 4.69) is 106 Å². The van der Waals surface area contributed by atoms with Gasteiger partial charge in [-0.15, -0.1) is 11.6 Å². The van der Waals surface area contributed by atoms with Crippen LogP contribution in [0.4, 0.5) is 0 Å². The van der Waals surface area contributed by atoms with E-state index in [1.54, 1.807) is 0 Å². The molecule has 0 saturated carbocycles. The molecule has 0 bridgehead atoms. The molecule has 1 unspecified atom stereocenters. The van der Waals surface area contributed by atoms with Gasteiger partial charge in [-0.05, 0) is 26.9 Å². The molecule has 1 atom stereocenters. The predicted octanol–water partition coefficient (Wildman–Crippen LogP) is 5.07. The lowest BCUT2D eigenvalue weighted by molar-refractivity contribution is 0.0896. The van der Waals surface area contributed by atoms with Crippen molar-refractivity contribution in [2.75, 3.05) is 0 Å². The van der Waals surface area contributed by atoms with Crippen molar-refractivity contribution in [3.8, 4) is 0 Å². The standard InChI is InChI=1S/C24H27ClOSi/c1-24(2,3)23(20-12-10-11-19(17-20)18-25)26-27(21-13-6-4-7-14-21)22-15-8-5-9-16-22/h4-17,23,27H,18H2,1-3H3. The second kappa shape index (κ2) is 8.88. The molecule has 0 amide bonds. The first-order chi connectivity index (χ1) is 13.0. The van der Waals surface area contributed by atoms with Crippen molar-refractivity contribution in [2.45, 2.75) is 32.8 Å². The van der Waals surface area contributed by atoms with Gasteiger partial charge >= 0.3 is 0 Å². The summed E-state index contributed by atoms with van der Waals surface area (Å²) in [6, 6.07) is 29.8. The van der Waals surface area contributed by atoms with Gasteiger partial charge in [-0.25, -0.2) is 0 Å². The van der Waals surface area contributed by atoms with Crippen LogP contribution in [-0.2, 0) is 10.3 Å². The fourth-order valence-corrected chi connectivity index (χ4v) is 6.21. The summed E-state index contributed by atoms with van der Waals surface area (Å²) in [5, 5.41) is 2.60. The Balaban J connectivity index is 2.02. The molecule has 0 aliphatic rings. The van der Waals surface area contributed by atoms with Crippen LogP contribution in [0.15, 0.2) is 84.9 Å². The van der Waals surface area contributed by atoms with Crippen LogP contribution < -0.4 is 10.4 Å². The number of hydrogen-bond acceptors (Lipinski definition) is 1. The van der Waals surface area contributed by atoms with E-state index in [1.807, 2.05) is 0 Å². The third-order valence-electron chi connectivity index (χ3n) is 4.67. The minimum Gasteiger partial charge on any atom is -0.403 e. The summed E-state index contributed by atoms with van der Waals surface area (Å²) in [6.45, 7) is 6.73. The van der Waals surface area contributed by atoms with Crippen molar-refractivity contribution in [1.82, 2.24) is 0 Å². The Morgan fingerprint density at radius 1 is 0.815 bits per heavy atom. The van der Waals surface area contributed by atoms with Gasteiger partial charge in [0, 0.05) is 5.88 Å². The first kappa shape index (κ1) is 19.9. The molecule has 0 aliphatic carbocycles. The maximum Gasteiger partial charge on any atom is 0.240 e. The van der Waals surface area contributed by atoms with E-state index >= 15 is 0 Å². The van der Waals surface area contributed by atoms with Crippen molar-refractivity contribution < 1.29 is 4.43 Å². The van der Waals surface area contributed by atoms with Crippen LogP contribution in [-0.4, -0.2) is 9.04 Å². The molecule has 3 aromatic carbocycles. The van der Waals surface area contributed by atoms with Gasteiger partial charge in [-0.2, -0.15) is 0 Å². The number of rotatable bonds is 6. The molecule has 3 heteroatoms. The van der Waals surface area contributed by atoms with Crippen molar-refractivity contribution >= 4 is 31.0 Å². The van der Waals surface area contributed by atoms with Gasteiger partial charge < -0.3 is 4.43 Å². The zero-order chi connectivity index (χ0) is 19.3. The molecule has 0 heterocycles. The molecule has 0 fully saturated rings. The summed E-state index contributed by atoms with van der Waals surface area (Å²) < 4.78 is 6.97. The second-order valence-electron chi connectivity index (χ2n) is 7.96. The molecule has 140 valence electrons. The molecule has 0 aliphatic heterocycles. The Morgan fingerprint density at radius 2 is 1.37 bits per heavy atom. The molecule has 27 heavy (non-hydrogen) atoms. The highest BCUT2D eigenvalue weighted by molar-refractivity contribution is 6.80. The molecule has 0 radical (unpaired) electrons. The number of alkyl halides is 1. The molecular formula is C24H27ClOSi. The lowest BCUT2D eigenvalue weighted by Crippen LogP contribution is -2.47. The van der Waals surface area contributed by atoms with Crippen LogP contribution in [0.5, 0.6) is 0 Å². The van der Waals surface area contributed by atoms with Gasteiger partial charge in [0.15, 0.2) is 0 Å². The maximum atomic E-state index is 6.97. The Hall–Kier alpha value is -1.87. The van der Waals surface area contributed by atoms with Crippen LogP contribution in [0, 0.1) is 5.41 Å². The first-order valence-corrected chi connectivity index (χ1v) is 11.6. The molecule has 0 saturated heterocycles. The SMILES string of the molecule is CC(C)(C)C(O[SiH](c1ccccc1)c1ccccc1)c1cccc(CCl)c1. The van der Waals surface area contributed by atoms with Gasteiger partial charge in [-0.1, -0.05) is 106 Å². The Labute approximate surface area is 169 Å². The summed E-state index contributed by atoms with van der Waals surface area (Å²) in [4.78, 5) is 0. The largest absolute Gasteiger partial charge is 0.403 e. The van der Waals surface area contributed by atoms with Crippen molar-refractivity contribution in [2.24, 2.45) is 5.41 Å². The van der Waals surface area contributed by atoms with E-state index in [0.29, 0.717) is 5.88 Å². The maximum absolute atomic E-state index is 6.97. The summed E-state index contributed by atoms with van der Waals surface area (Å²) in [5.74, 6) is 0.517. The lowest BCUT2D eigenvalue weighted by atomic mass is 9.84. The van der Waals surface area contributed by atoms with Crippen molar-refractivity contribution in [1.29, 1.82) is 0 Å². The van der Waals surface area contributed by atoms with Crippen molar-refractivity contribution in [3.63, 3.8) is 0 Å². The molecule has 0 N–H and O–H groups in total. The molecule has 0 aromatic heterocycles. The number of hydrogen-bond donors (Lipinski definition) is 0. The second-order valence-corrected chi connectivity index (χ2v) is 10.6. The Bertz CT molecular complexity index is 804. The molecule has 3 rings (SSSR count). The van der Waals surface area contributed by atoms with Crippen LogP contribution in [0.25, 0.3) is 0 Å². The Kier molecular flexibility index (Phi) is 6.54. The highest BCUT2D eigenvalue weighted by Gasteiger charge is 2.31. The summed E-state index contributed by atoms with van der Waals surface area (Å²) in [6.07, 6.45) is -0.00209.